The highest BCUT2D eigenvalue weighted by atomic mass is 16.5. The Bertz CT molecular complexity index is 605. The molecule has 1 aromatic carbocycles. The number of nitrogens with two attached hydrogens (primary N) is 1. The second-order valence-electron chi connectivity index (χ2n) is 4.50. The molecule has 1 fully saturated rings. The van der Waals surface area contributed by atoms with Gasteiger partial charge in [0.25, 0.3) is 0 Å². The summed E-state index contributed by atoms with van der Waals surface area (Å²) in [6, 6.07) is 5.60. The molecule has 3 rings (SSSR count). The van der Waals surface area contributed by atoms with E-state index in [1.807, 2.05) is 25.1 Å². The average molecular weight is 231 g/mol. The molecule has 1 aromatic heterocycles. The van der Waals surface area contributed by atoms with Crippen molar-refractivity contribution in [2.24, 2.45) is 0 Å². The lowest BCUT2D eigenvalue weighted by Crippen LogP contribution is -2.35. The van der Waals surface area contributed by atoms with Crippen LogP contribution in [0.1, 0.15) is 13.3 Å². The number of nitrogen functional groups attached to an aromatic ring is 1. The minimum atomic E-state index is -0.713. The number of rotatable bonds is 1. The molecule has 1 atom stereocenters. The van der Waals surface area contributed by atoms with Crippen LogP contribution in [0.5, 0.6) is 0 Å². The summed E-state index contributed by atoms with van der Waals surface area (Å²) in [5.74, 6) is -0.232. The van der Waals surface area contributed by atoms with Crippen LogP contribution in [0.3, 0.4) is 0 Å². The van der Waals surface area contributed by atoms with Crippen molar-refractivity contribution < 1.29 is 9.53 Å². The number of carbonyl (C=O) groups excluding carboxylic acids is 1. The molecule has 2 N–H and O–H groups in total. The maximum atomic E-state index is 11.8. The van der Waals surface area contributed by atoms with E-state index in [1.54, 1.807) is 10.9 Å². The Kier molecular flexibility index (Phi) is 1.92. The number of hydrogen-bond donors (Lipinski definition) is 1. The first-order valence-corrected chi connectivity index (χ1v) is 5.53. The van der Waals surface area contributed by atoms with Crippen molar-refractivity contribution in [2.75, 3.05) is 12.3 Å². The van der Waals surface area contributed by atoms with Crippen molar-refractivity contribution >= 4 is 22.6 Å². The predicted octanol–water partition coefficient (Wildman–Crippen LogP) is 1.28. The second-order valence-corrected chi connectivity index (χ2v) is 4.50. The van der Waals surface area contributed by atoms with Gasteiger partial charge >= 0.3 is 5.97 Å². The number of hydrogen-bond acceptors (Lipinski definition) is 4. The molecule has 0 spiro atoms. The molecule has 5 heteroatoms. The minimum Gasteiger partial charge on any atom is -0.464 e. The quantitative estimate of drug-likeness (QED) is 0.593. The van der Waals surface area contributed by atoms with Crippen molar-refractivity contribution in [3.63, 3.8) is 0 Å². The summed E-state index contributed by atoms with van der Waals surface area (Å²) in [6.45, 7) is 2.29. The molecule has 0 radical (unpaired) electrons. The van der Waals surface area contributed by atoms with E-state index in [1.165, 1.54) is 0 Å². The average Bonchev–Trinajstić information content (AvgIpc) is 2.86. The Hall–Kier alpha value is -2.04. The Labute approximate surface area is 98.2 Å². The van der Waals surface area contributed by atoms with Gasteiger partial charge in [0.15, 0.2) is 5.54 Å². The Morgan fingerprint density at radius 1 is 1.53 bits per heavy atom. The monoisotopic (exact) mass is 231 g/mol. The van der Waals surface area contributed by atoms with Gasteiger partial charge in [-0.2, -0.15) is 5.10 Å². The van der Waals surface area contributed by atoms with Gasteiger partial charge in [0.05, 0.1) is 18.3 Å². The van der Waals surface area contributed by atoms with Gasteiger partial charge < -0.3 is 10.5 Å². The molecule has 0 bridgehead atoms. The van der Waals surface area contributed by atoms with Crippen LogP contribution < -0.4 is 5.73 Å². The molecule has 2 heterocycles. The standard InChI is InChI=1S/C12H13N3O2/c1-12(5-6-17-11(12)16)15-10-4-2-3-9(13)8(10)7-14-15/h2-4,7H,5-6,13H2,1H3. The number of benzene rings is 1. The highest BCUT2D eigenvalue weighted by Crippen LogP contribution is 2.32. The molecule has 1 aliphatic rings. The summed E-state index contributed by atoms with van der Waals surface area (Å²) in [7, 11) is 0. The van der Waals surface area contributed by atoms with Crippen molar-refractivity contribution in [2.45, 2.75) is 18.9 Å². The Morgan fingerprint density at radius 2 is 2.35 bits per heavy atom. The van der Waals surface area contributed by atoms with E-state index in [9.17, 15) is 4.79 Å². The summed E-state index contributed by atoms with van der Waals surface area (Å²) in [4.78, 5) is 11.8. The van der Waals surface area contributed by atoms with Crippen LogP contribution in [0.4, 0.5) is 5.69 Å². The van der Waals surface area contributed by atoms with E-state index in [-0.39, 0.29) is 5.97 Å². The third-order valence-electron chi connectivity index (χ3n) is 3.38. The third-order valence-corrected chi connectivity index (χ3v) is 3.38. The third kappa shape index (κ3) is 1.25. The predicted molar refractivity (Wildman–Crippen MR) is 63.4 cm³/mol. The molecule has 2 aromatic rings. The minimum absolute atomic E-state index is 0.232. The van der Waals surface area contributed by atoms with Crippen LogP contribution in [0, 0.1) is 0 Å². The normalized spacial score (nSPS) is 24.2. The van der Waals surface area contributed by atoms with Crippen molar-refractivity contribution in [1.82, 2.24) is 9.78 Å². The van der Waals surface area contributed by atoms with E-state index >= 15 is 0 Å². The number of cyclic esters (lactones) is 1. The van der Waals surface area contributed by atoms with Crippen LogP contribution in [0.25, 0.3) is 10.9 Å². The maximum absolute atomic E-state index is 11.8. The molecule has 1 unspecified atom stereocenters. The van der Waals surface area contributed by atoms with Crippen LogP contribution in [0.2, 0.25) is 0 Å². The van der Waals surface area contributed by atoms with E-state index in [4.69, 9.17) is 10.5 Å². The van der Waals surface area contributed by atoms with E-state index in [0.717, 1.165) is 10.9 Å². The smallest absolute Gasteiger partial charge is 0.333 e. The summed E-state index contributed by atoms with van der Waals surface area (Å²) >= 11 is 0. The zero-order chi connectivity index (χ0) is 12.0. The lowest BCUT2D eigenvalue weighted by atomic mass is 10.0. The lowest BCUT2D eigenvalue weighted by molar-refractivity contribution is -0.144. The molecular weight excluding hydrogens is 218 g/mol. The number of esters is 1. The zero-order valence-electron chi connectivity index (χ0n) is 9.51. The highest BCUT2D eigenvalue weighted by Gasteiger charge is 2.43. The van der Waals surface area contributed by atoms with Crippen LogP contribution in [-0.4, -0.2) is 22.4 Å². The summed E-state index contributed by atoms with van der Waals surface area (Å²) in [5, 5.41) is 5.17. The van der Waals surface area contributed by atoms with Crippen molar-refractivity contribution in [3.05, 3.63) is 24.4 Å². The molecule has 88 valence electrons. The van der Waals surface area contributed by atoms with Gasteiger partial charge in [-0.25, -0.2) is 9.48 Å². The molecule has 1 saturated heterocycles. The number of anilines is 1. The van der Waals surface area contributed by atoms with Crippen LogP contribution in [0.15, 0.2) is 24.4 Å². The van der Waals surface area contributed by atoms with Gasteiger partial charge in [0.1, 0.15) is 0 Å². The van der Waals surface area contributed by atoms with Gasteiger partial charge in [-0.05, 0) is 19.1 Å². The number of ether oxygens (including phenoxy) is 1. The van der Waals surface area contributed by atoms with Gasteiger partial charge in [0, 0.05) is 17.5 Å². The van der Waals surface area contributed by atoms with Crippen molar-refractivity contribution in [3.8, 4) is 0 Å². The van der Waals surface area contributed by atoms with Gasteiger partial charge in [-0.1, -0.05) is 6.07 Å². The number of aromatic nitrogens is 2. The fraction of sp³-hybridized carbons (Fsp3) is 0.333. The molecule has 0 saturated carbocycles. The topological polar surface area (TPSA) is 70.1 Å². The Morgan fingerprint density at radius 3 is 3.06 bits per heavy atom. The number of nitrogens with zero attached hydrogens (tertiary/aromatic N) is 2. The first kappa shape index (κ1) is 10.1. The fourth-order valence-corrected chi connectivity index (χ4v) is 2.26. The largest absolute Gasteiger partial charge is 0.464 e. The summed E-state index contributed by atoms with van der Waals surface area (Å²) < 4.78 is 6.76. The van der Waals surface area contributed by atoms with Crippen molar-refractivity contribution in [1.29, 1.82) is 0 Å². The molecular formula is C12H13N3O2. The lowest BCUT2D eigenvalue weighted by Gasteiger charge is -2.20. The molecule has 17 heavy (non-hydrogen) atoms. The zero-order valence-corrected chi connectivity index (χ0v) is 9.51. The van der Waals surface area contributed by atoms with Crippen LogP contribution >= 0.6 is 0 Å². The van der Waals surface area contributed by atoms with E-state index in [0.29, 0.717) is 18.7 Å². The van der Waals surface area contributed by atoms with E-state index < -0.39 is 5.54 Å². The summed E-state index contributed by atoms with van der Waals surface area (Å²) in [6.07, 6.45) is 2.33. The number of carbonyl (C=O) groups is 1. The van der Waals surface area contributed by atoms with Gasteiger partial charge in [-0.3, -0.25) is 0 Å². The first-order chi connectivity index (χ1) is 8.13. The number of fused-ring (bicyclic) bond motifs is 1. The second kappa shape index (κ2) is 3.23. The van der Waals surface area contributed by atoms with E-state index in [2.05, 4.69) is 5.10 Å². The SMILES string of the molecule is CC1(n2ncc3c(N)cccc32)CCOC1=O. The molecule has 0 amide bonds. The fourth-order valence-electron chi connectivity index (χ4n) is 2.26. The molecule has 5 nitrogen and oxygen atoms in total. The van der Waals surface area contributed by atoms with Gasteiger partial charge in [0.2, 0.25) is 0 Å². The van der Waals surface area contributed by atoms with Crippen LogP contribution in [-0.2, 0) is 15.1 Å². The Balaban J connectivity index is 2.25. The molecule has 1 aliphatic heterocycles. The highest BCUT2D eigenvalue weighted by molar-refractivity contribution is 5.92. The first-order valence-electron chi connectivity index (χ1n) is 5.53. The molecule has 0 aliphatic carbocycles. The summed E-state index contributed by atoms with van der Waals surface area (Å²) in [5.41, 5.74) is 6.70. The van der Waals surface area contributed by atoms with Gasteiger partial charge in [-0.15, -0.1) is 0 Å². The maximum Gasteiger partial charge on any atom is 0.333 e.